The average Bonchev–Trinajstić information content (AvgIpc) is 2.48. The molecule has 0 bridgehead atoms. The Labute approximate surface area is 120 Å². The molecule has 100 valence electrons. The highest BCUT2D eigenvalue weighted by Gasteiger charge is 2.02. The Hall–Kier alpha value is -1.28. The Bertz CT molecular complexity index is 478. The number of aryl methyl sites for hydroxylation is 1. The van der Waals surface area contributed by atoms with Crippen molar-refractivity contribution in [3.8, 4) is 0 Å². The Morgan fingerprint density at radius 1 is 1.11 bits per heavy atom. The standard InChI is InChI=1S/C17H21NS/c1-3-14(2)15-7-9-17(10-8-15)19-13-11-16-6-4-5-12-18-16/h4-10,12,14H,3,11,13H2,1-2H3. The molecule has 1 aromatic heterocycles. The number of hydrogen-bond donors (Lipinski definition) is 0. The third-order valence-corrected chi connectivity index (χ3v) is 4.43. The lowest BCUT2D eigenvalue weighted by Gasteiger charge is -2.09. The molecule has 0 saturated heterocycles. The van der Waals surface area contributed by atoms with Gasteiger partial charge in [-0.25, -0.2) is 0 Å². The molecule has 0 fully saturated rings. The third kappa shape index (κ3) is 4.39. The highest BCUT2D eigenvalue weighted by molar-refractivity contribution is 7.99. The Morgan fingerprint density at radius 2 is 1.89 bits per heavy atom. The number of thioether (sulfide) groups is 1. The van der Waals surface area contributed by atoms with Gasteiger partial charge in [-0.1, -0.05) is 32.0 Å². The lowest BCUT2D eigenvalue weighted by Crippen LogP contribution is -1.92. The van der Waals surface area contributed by atoms with Gasteiger partial charge in [0.2, 0.25) is 0 Å². The van der Waals surface area contributed by atoms with Crippen LogP contribution in [-0.2, 0) is 6.42 Å². The zero-order valence-corrected chi connectivity index (χ0v) is 12.5. The SMILES string of the molecule is CCC(C)c1ccc(SCCc2ccccn2)cc1. The summed E-state index contributed by atoms with van der Waals surface area (Å²) in [4.78, 5) is 5.69. The molecule has 0 amide bonds. The van der Waals surface area contributed by atoms with E-state index >= 15 is 0 Å². The van der Waals surface area contributed by atoms with Crippen molar-refractivity contribution >= 4 is 11.8 Å². The number of benzene rings is 1. The summed E-state index contributed by atoms with van der Waals surface area (Å²) in [6.07, 6.45) is 4.09. The summed E-state index contributed by atoms with van der Waals surface area (Å²) in [6, 6.07) is 15.1. The van der Waals surface area contributed by atoms with Gasteiger partial charge in [0.1, 0.15) is 0 Å². The highest BCUT2D eigenvalue weighted by Crippen LogP contribution is 2.23. The average molecular weight is 271 g/mol. The largest absolute Gasteiger partial charge is 0.261 e. The molecule has 1 aromatic carbocycles. The monoisotopic (exact) mass is 271 g/mol. The van der Waals surface area contributed by atoms with Crippen molar-refractivity contribution in [3.63, 3.8) is 0 Å². The predicted molar refractivity (Wildman–Crippen MR) is 83.8 cm³/mol. The lowest BCUT2D eigenvalue weighted by atomic mass is 9.99. The predicted octanol–water partition coefficient (Wildman–Crippen LogP) is 4.93. The van der Waals surface area contributed by atoms with Gasteiger partial charge in [-0.05, 0) is 48.6 Å². The maximum Gasteiger partial charge on any atom is 0.0411 e. The molecule has 2 heteroatoms. The maximum absolute atomic E-state index is 4.34. The molecule has 0 aliphatic carbocycles. The lowest BCUT2D eigenvalue weighted by molar-refractivity contribution is 0.733. The second-order valence-corrected chi connectivity index (χ2v) is 5.97. The van der Waals surface area contributed by atoms with Gasteiger partial charge in [0.05, 0.1) is 0 Å². The van der Waals surface area contributed by atoms with Crippen LogP contribution in [0.15, 0.2) is 53.6 Å². The molecule has 0 spiro atoms. The van der Waals surface area contributed by atoms with Crippen molar-refractivity contribution < 1.29 is 0 Å². The molecule has 2 aromatic rings. The van der Waals surface area contributed by atoms with E-state index in [0.717, 1.165) is 12.2 Å². The van der Waals surface area contributed by atoms with E-state index in [1.165, 1.54) is 22.6 Å². The first-order valence-electron chi connectivity index (χ1n) is 6.92. The molecule has 0 N–H and O–H groups in total. The van der Waals surface area contributed by atoms with Gasteiger partial charge in [-0.15, -0.1) is 11.8 Å². The van der Waals surface area contributed by atoms with Gasteiger partial charge < -0.3 is 0 Å². The van der Waals surface area contributed by atoms with Gasteiger partial charge >= 0.3 is 0 Å². The smallest absolute Gasteiger partial charge is 0.0411 e. The number of aromatic nitrogens is 1. The van der Waals surface area contributed by atoms with Crippen LogP contribution in [0.25, 0.3) is 0 Å². The Morgan fingerprint density at radius 3 is 2.53 bits per heavy atom. The molecule has 1 heterocycles. The Kier molecular flexibility index (Phi) is 5.46. The van der Waals surface area contributed by atoms with Crippen LogP contribution >= 0.6 is 11.8 Å². The Balaban J connectivity index is 1.83. The number of nitrogens with zero attached hydrogens (tertiary/aromatic N) is 1. The summed E-state index contributed by atoms with van der Waals surface area (Å²) < 4.78 is 0. The molecule has 0 aliphatic rings. The minimum Gasteiger partial charge on any atom is -0.261 e. The highest BCUT2D eigenvalue weighted by atomic mass is 32.2. The summed E-state index contributed by atoms with van der Waals surface area (Å²) in [5.41, 5.74) is 2.61. The topological polar surface area (TPSA) is 12.9 Å². The van der Waals surface area contributed by atoms with Crippen molar-refractivity contribution in [1.82, 2.24) is 4.98 Å². The molecule has 19 heavy (non-hydrogen) atoms. The van der Waals surface area contributed by atoms with E-state index in [4.69, 9.17) is 0 Å². The fourth-order valence-corrected chi connectivity index (χ4v) is 2.82. The van der Waals surface area contributed by atoms with Gasteiger partial charge in [-0.2, -0.15) is 0 Å². The van der Waals surface area contributed by atoms with E-state index in [2.05, 4.69) is 49.2 Å². The van der Waals surface area contributed by atoms with Crippen molar-refractivity contribution in [2.24, 2.45) is 0 Å². The van der Waals surface area contributed by atoms with Crippen LogP contribution in [0.1, 0.15) is 37.4 Å². The normalized spacial score (nSPS) is 12.3. The quantitative estimate of drug-likeness (QED) is 0.691. The first-order valence-corrected chi connectivity index (χ1v) is 7.91. The first-order chi connectivity index (χ1) is 9.29. The fourth-order valence-electron chi connectivity index (χ4n) is 1.95. The minimum atomic E-state index is 0.660. The van der Waals surface area contributed by atoms with Crippen LogP contribution in [0.4, 0.5) is 0 Å². The van der Waals surface area contributed by atoms with Crippen LogP contribution in [0.2, 0.25) is 0 Å². The van der Waals surface area contributed by atoms with Crippen molar-refractivity contribution in [2.75, 3.05) is 5.75 Å². The minimum absolute atomic E-state index is 0.660. The first kappa shape index (κ1) is 14.1. The van der Waals surface area contributed by atoms with Gasteiger partial charge in [0.25, 0.3) is 0 Å². The van der Waals surface area contributed by atoms with E-state index in [1.54, 1.807) is 0 Å². The second-order valence-electron chi connectivity index (χ2n) is 4.80. The summed E-state index contributed by atoms with van der Waals surface area (Å²) in [5, 5.41) is 0. The molecule has 1 nitrogen and oxygen atoms in total. The van der Waals surface area contributed by atoms with Crippen LogP contribution < -0.4 is 0 Å². The van der Waals surface area contributed by atoms with Crippen molar-refractivity contribution in [1.29, 1.82) is 0 Å². The van der Waals surface area contributed by atoms with E-state index < -0.39 is 0 Å². The molecule has 2 rings (SSSR count). The summed E-state index contributed by atoms with van der Waals surface area (Å²) >= 11 is 1.90. The van der Waals surface area contributed by atoms with Gasteiger partial charge in [-0.3, -0.25) is 4.98 Å². The summed E-state index contributed by atoms with van der Waals surface area (Å²) in [5.74, 6) is 1.74. The molecule has 1 unspecified atom stereocenters. The molecule has 0 radical (unpaired) electrons. The van der Waals surface area contributed by atoms with Crippen LogP contribution in [0, 0.1) is 0 Å². The van der Waals surface area contributed by atoms with Crippen molar-refractivity contribution in [2.45, 2.75) is 37.5 Å². The summed E-state index contributed by atoms with van der Waals surface area (Å²) in [6.45, 7) is 4.52. The zero-order chi connectivity index (χ0) is 13.5. The number of hydrogen-bond acceptors (Lipinski definition) is 2. The molecular weight excluding hydrogens is 250 g/mol. The third-order valence-electron chi connectivity index (χ3n) is 3.41. The molecule has 1 atom stereocenters. The van der Waals surface area contributed by atoms with E-state index in [1.807, 2.05) is 30.1 Å². The number of pyridine rings is 1. The fraction of sp³-hybridized carbons (Fsp3) is 0.353. The van der Waals surface area contributed by atoms with E-state index in [-0.39, 0.29) is 0 Å². The van der Waals surface area contributed by atoms with Crippen LogP contribution in [0.5, 0.6) is 0 Å². The van der Waals surface area contributed by atoms with Crippen LogP contribution in [0.3, 0.4) is 0 Å². The number of rotatable bonds is 6. The van der Waals surface area contributed by atoms with E-state index in [0.29, 0.717) is 5.92 Å². The van der Waals surface area contributed by atoms with Crippen molar-refractivity contribution in [3.05, 3.63) is 59.9 Å². The molecule has 0 saturated carbocycles. The second kappa shape index (κ2) is 7.34. The summed E-state index contributed by atoms with van der Waals surface area (Å²) in [7, 11) is 0. The molecular formula is C17H21NS. The van der Waals surface area contributed by atoms with Gasteiger partial charge in [0, 0.05) is 22.5 Å². The van der Waals surface area contributed by atoms with E-state index in [9.17, 15) is 0 Å². The maximum atomic E-state index is 4.34. The van der Waals surface area contributed by atoms with Crippen LogP contribution in [-0.4, -0.2) is 10.7 Å². The zero-order valence-electron chi connectivity index (χ0n) is 11.7. The van der Waals surface area contributed by atoms with Gasteiger partial charge in [0.15, 0.2) is 0 Å². The molecule has 0 aliphatic heterocycles.